The second-order valence-corrected chi connectivity index (χ2v) is 8.85. The van der Waals surface area contributed by atoms with E-state index in [0.717, 1.165) is 51.6 Å². The van der Waals surface area contributed by atoms with Crippen LogP contribution in [0.1, 0.15) is 51.3 Å². The molecule has 0 radical (unpaired) electrons. The van der Waals surface area contributed by atoms with Gasteiger partial charge in [-0.25, -0.2) is 4.98 Å². The monoisotopic (exact) mass is 433 g/mol. The van der Waals surface area contributed by atoms with E-state index in [9.17, 15) is 4.79 Å². The van der Waals surface area contributed by atoms with Crippen LogP contribution in [0.25, 0.3) is 10.2 Å². The van der Waals surface area contributed by atoms with Crippen molar-refractivity contribution in [1.29, 1.82) is 0 Å². The van der Waals surface area contributed by atoms with E-state index in [1.807, 2.05) is 61.2 Å². The van der Waals surface area contributed by atoms with Gasteiger partial charge in [0, 0.05) is 12.1 Å². The molecule has 0 bridgehead atoms. The quantitative estimate of drug-likeness (QED) is 0.418. The van der Waals surface area contributed by atoms with Gasteiger partial charge in [0.25, 0.3) is 5.91 Å². The second kappa shape index (κ2) is 8.15. The van der Waals surface area contributed by atoms with Crippen molar-refractivity contribution in [3.05, 3.63) is 76.1 Å². The molecular formula is C24H23N3O3S. The van der Waals surface area contributed by atoms with E-state index in [2.05, 4.69) is 11.2 Å². The van der Waals surface area contributed by atoms with Crippen molar-refractivity contribution < 1.29 is 14.1 Å². The van der Waals surface area contributed by atoms with E-state index in [0.29, 0.717) is 17.9 Å². The van der Waals surface area contributed by atoms with Gasteiger partial charge in [-0.05, 0) is 63.1 Å². The third kappa shape index (κ3) is 3.81. The number of hydrogen-bond acceptors (Lipinski definition) is 6. The highest BCUT2D eigenvalue weighted by molar-refractivity contribution is 7.18. The number of likely N-dealkylation sites (tertiary alicyclic amines) is 1. The molecule has 0 N–H and O–H groups in total. The first kappa shape index (κ1) is 19.8. The minimum absolute atomic E-state index is 0.0408. The lowest BCUT2D eigenvalue weighted by atomic mass is 10.1. The number of para-hydroxylation sites is 1. The maximum absolute atomic E-state index is 13.2. The average molecular weight is 434 g/mol. The van der Waals surface area contributed by atoms with Crippen LogP contribution in [-0.4, -0.2) is 27.5 Å². The number of nitrogens with zero attached hydrogens (tertiary/aromatic N) is 3. The zero-order chi connectivity index (χ0) is 21.4. The third-order valence-electron chi connectivity index (χ3n) is 5.77. The molecule has 0 saturated carbocycles. The minimum atomic E-state index is 0.0408. The number of aromatic nitrogens is 2. The molecule has 1 amide bonds. The Morgan fingerprint density at radius 2 is 2.00 bits per heavy atom. The summed E-state index contributed by atoms with van der Waals surface area (Å²) in [6.07, 6.45) is 1.94. The average Bonchev–Trinajstić information content (AvgIpc) is 3.51. The van der Waals surface area contributed by atoms with E-state index in [1.54, 1.807) is 11.3 Å². The molecule has 7 heteroatoms. The molecule has 158 valence electrons. The Morgan fingerprint density at radius 3 is 2.74 bits per heavy atom. The Hall–Kier alpha value is -3.19. The van der Waals surface area contributed by atoms with Gasteiger partial charge < -0.3 is 14.2 Å². The number of amides is 1. The van der Waals surface area contributed by atoms with Crippen molar-refractivity contribution in [3.63, 3.8) is 0 Å². The van der Waals surface area contributed by atoms with Crippen LogP contribution < -0.4 is 4.74 Å². The van der Waals surface area contributed by atoms with Crippen LogP contribution in [-0.2, 0) is 6.61 Å². The zero-order valence-electron chi connectivity index (χ0n) is 17.5. The van der Waals surface area contributed by atoms with Crippen LogP contribution in [0.4, 0.5) is 0 Å². The molecular weight excluding hydrogens is 410 g/mol. The van der Waals surface area contributed by atoms with Gasteiger partial charge in [-0.2, -0.15) is 0 Å². The van der Waals surface area contributed by atoms with E-state index in [4.69, 9.17) is 14.2 Å². The van der Waals surface area contributed by atoms with Crippen LogP contribution in [0, 0.1) is 13.8 Å². The molecule has 31 heavy (non-hydrogen) atoms. The number of carbonyl (C=O) groups excluding carboxylic acids is 1. The largest absolute Gasteiger partial charge is 0.489 e. The van der Waals surface area contributed by atoms with Gasteiger partial charge in [0.05, 0.1) is 27.5 Å². The van der Waals surface area contributed by atoms with Gasteiger partial charge in [0.15, 0.2) is 0 Å². The lowest BCUT2D eigenvalue weighted by Gasteiger charge is -2.23. The van der Waals surface area contributed by atoms with E-state index < -0.39 is 0 Å². The van der Waals surface area contributed by atoms with E-state index in [-0.39, 0.29) is 11.9 Å². The number of thiazole rings is 1. The number of carbonyl (C=O) groups is 1. The highest BCUT2D eigenvalue weighted by Crippen LogP contribution is 2.37. The Labute approximate surface area is 184 Å². The standard InChI is InChI=1S/C24H23N3O3S/c1-15-19(16(2)30-26-15)14-29-18-11-9-17(10-12-18)24(28)27-13-5-7-21(27)23-25-20-6-3-4-8-22(20)31-23/h3-4,6,8-12,21H,5,7,13-14H2,1-2H3/t21-/m1/s1. The van der Waals surface area contributed by atoms with Crippen molar-refractivity contribution in [2.45, 2.75) is 39.3 Å². The summed E-state index contributed by atoms with van der Waals surface area (Å²) >= 11 is 1.68. The summed E-state index contributed by atoms with van der Waals surface area (Å²) < 4.78 is 12.2. The van der Waals surface area contributed by atoms with Crippen molar-refractivity contribution in [2.75, 3.05) is 6.54 Å². The molecule has 2 aromatic heterocycles. The van der Waals surface area contributed by atoms with Crippen LogP contribution in [0.2, 0.25) is 0 Å². The predicted molar refractivity (Wildman–Crippen MR) is 119 cm³/mol. The van der Waals surface area contributed by atoms with Crippen molar-refractivity contribution in [3.8, 4) is 5.75 Å². The maximum Gasteiger partial charge on any atom is 0.254 e. The fraction of sp³-hybridized carbons (Fsp3) is 0.292. The highest BCUT2D eigenvalue weighted by atomic mass is 32.1. The van der Waals surface area contributed by atoms with Crippen molar-refractivity contribution in [1.82, 2.24) is 15.0 Å². The number of rotatable bonds is 5. The molecule has 1 atom stereocenters. The molecule has 1 fully saturated rings. The first-order chi connectivity index (χ1) is 15.1. The van der Waals surface area contributed by atoms with E-state index >= 15 is 0 Å². The normalized spacial score (nSPS) is 16.2. The number of fused-ring (bicyclic) bond motifs is 1. The molecule has 4 aromatic rings. The minimum Gasteiger partial charge on any atom is -0.489 e. The Bertz CT molecular complexity index is 1180. The van der Waals surface area contributed by atoms with Gasteiger partial charge in [-0.3, -0.25) is 4.79 Å². The van der Waals surface area contributed by atoms with Gasteiger partial charge in [-0.1, -0.05) is 17.3 Å². The van der Waals surface area contributed by atoms with E-state index in [1.165, 1.54) is 0 Å². The van der Waals surface area contributed by atoms with Crippen LogP contribution in [0.5, 0.6) is 5.75 Å². The van der Waals surface area contributed by atoms with Gasteiger partial charge in [0.2, 0.25) is 0 Å². The van der Waals surface area contributed by atoms with Gasteiger partial charge in [-0.15, -0.1) is 11.3 Å². The molecule has 0 unspecified atom stereocenters. The lowest BCUT2D eigenvalue weighted by molar-refractivity contribution is 0.0735. The summed E-state index contributed by atoms with van der Waals surface area (Å²) in [4.78, 5) is 20.0. The summed E-state index contributed by atoms with van der Waals surface area (Å²) in [5.74, 6) is 1.51. The molecule has 0 aliphatic carbocycles. The Morgan fingerprint density at radius 1 is 1.19 bits per heavy atom. The molecule has 1 aliphatic rings. The fourth-order valence-corrected chi connectivity index (χ4v) is 5.14. The lowest BCUT2D eigenvalue weighted by Crippen LogP contribution is -2.30. The predicted octanol–water partition coefficient (Wildman–Crippen LogP) is 5.46. The topological polar surface area (TPSA) is 68.5 Å². The molecule has 1 saturated heterocycles. The van der Waals surface area contributed by atoms with Crippen LogP contribution in [0.15, 0.2) is 53.1 Å². The highest BCUT2D eigenvalue weighted by Gasteiger charge is 2.32. The molecule has 2 aromatic carbocycles. The third-order valence-corrected chi connectivity index (χ3v) is 6.91. The summed E-state index contributed by atoms with van der Waals surface area (Å²) in [6, 6.07) is 15.5. The summed E-state index contributed by atoms with van der Waals surface area (Å²) in [7, 11) is 0. The summed E-state index contributed by atoms with van der Waals surface area (Å²) in [5.41, 5.74) is 3.45. The zero-order valence-corrected chi connectivity index (χ0v) is 18.3. The van der Waals surface area contributed by atoms with Gasteiger partial charge >= 0.3 is 0 Å². The van der Waals surface area contributed by atoms with Gasteiger partial charge in [0.1, 0.15) is 23.1 Å². The number of hydrogen-bond donors (Lipinski definition) is 0. The number of benzene rings is 2. The maximum atomic E-state index is 13.2. The molecule has 3 heterocycles. The smallest absolute Gasteiger partial charge is 0.254 e. The van der Waals surface area contributed by atoms with Crippen molar-refractivity contribution >= 4 is 27.5 Å². The Kier molecular flexibility index (Phi) is 5.19. The number of ether oxygens (including phenoxy) is 1. The number of aryl methyl sites for hydroxylation is 2. The first-order valence-electron chi connectivity index (χ1n) is 10.4. The molecule has 5 rings (SSSR count). The molecule has 6 nitrogen and oxygen atoms in total. The second-order valence-electron chi connectivity index (χ2n) is 7.79. The molecule has 1 aliphatic heterocycles. The first-order valence-corrected chi connectivity index (χ1v) is 11.2. The summed E-state index contributed by atoms with van der Waals surface area (Å²) in [5, 5.41) is 4.97. The fourth-order valence-electron chi connectivity index (χ4n) is 4.02. The van der Waals surface area contributed by atoms with Crippen LogP contribution >= 0.6 is 11.3 Å². The van der Waals surface area contributed by atoms with Crippen molar-refractivity contribution in [2.24, 2.45) is 0 Å². The SMILES string of the molecule is Cc1noc(C)c1COc1ccc(C(=O)N2CCC[C@@H]2c2nc3ccccc3s2)cc1. The summed E-state index contributed by atoms with van der Waals surface area (Å²) in [6.45, 7) is 4.91. The van der Waals surface area contributed by atoms with Crippen LogP contribution in [0.3, 0.4) is 0 Å². The molecule has 0 spiro atoms. The Balaban J connectivity index is 1.30.